The number of hydrogen-bond donors (Lipinski definition) is 2. The number of aryl methyl sites for hydroxylation is 2. The first-order chi connectivity index (χ1) is 24.4. The van der Waals surface area contributed by atoms with Gasteiger partial charge in [-0.05, 0) is 113 Å². The summed E-state index contributed by atoms with van der Waals surface area (Å²) in [5.41, 5.74) is 12.8. The van der Waals surface area contributed by atoms with Crippen LogP contribution in [0, 0.1) is 45.8 Å². The number of allylic oxidation sites excluding steroid dienone is 2. The molecule has 2 heterocycles. The highest BCUT2D eigenvalue weighted by atomic mass is 16.3. The van der Waals surface area contributed by atoms with Gasteiger partial charge in [0.15, 0.2) is 0 Å². The highest BCUT2D eigenvalue weighted by molar-refractivity contribution is 6.14. The monoisotopic (exact) mass is 698 g/mol. The summed E-state index contributed by atoms with van der Waals surface area (Å²) in [5, 5.41) is 26.1. The lowest BCUT2D eigenvalue weighted by molar-refractivity contribution is -0.156. The number of aliphatic imine (C=N–C) groups is 2. The largest absolute Gasteiger partial charge is 0.392 e. The molecule has 8 atom stereocenters. The van der Waals surface area contributed by atoms with Crippen molar-refractivity contribution in [3.63, 3.8) is 0 Å². The maximum atomic E-state index is 13.1. The highest BCUT2D eigenvalue weighted by Gasteiger charge is 2.70. The van der Waals surface area contributed by atoms with E-state index >= 15 is 0 Å². The highest BCUT2D eigenvalue weighted by Crippen LogP contribution is 2.69. The van der Waals surface area contributed by atoms with E-state index in [1.807, 2.05) is 0 Å². The summed E-state index contributed by atoms with van der Waals surface area (Å²) in [6.45, 7) is 23.2. The van der Waals surface area contributed by atoms with Gasteiger partial charge in [0.05, 0.1) is 29.3 Å². The van der Waals surface area contributed by atoms with Crippen molar-refractivity contribution in [2.24, 2.45) is 55.8 Å². The first kappa shape index (κ1) is 34.9. The van der Waals surface area contributed by atoms with Crippen LogP contribution >= 0.6 is 0 Å². The van der Waals surface area contributed by atoms with Gasteiger partial charge in [0, 0.05) is 39.7 Å². The number of aliphatic hydroxyl groups is 2. The number of rotatable bonds is 2. The average molecular weight is 699 g/mol. The van der Waals surface area contributed by atoms with Crippen LogP contribution in [0.4, 0.5) is 11.4 Å². The molecule has 2 bridgehead atoms. The molecule has 2 aromatic carbocycles. The molecular formula is C48H62N2O2. The van der Waals surface area contributed by atoms with E-state index < -0.39 is 17.6 Å². The Kier molecular flexibility index (Phi) is 7.47. The van der Waals surface area contributed by atoms with Crippen molar-refractivity contribution in [1.29, 1.82) is 0 Å². The van der Waals surface area contributed by atoms with E-state index in [9.17, 15) is 10.2 Å². The van der Waals surface area contributed by atoms with E-state index in [4.69, 9.17) is 9.98 Å². The van der Waals surface area contributed by atoms with E-state index in [1.165, 1.54) is 81.7 Å². The van der Waals surface area contributed by atoms with Gasteiger partial charge < -0.3 is 10.2 Å². The van der Waals surface area contributed by atoms with Crippen molar-refractivity contribution in [3.8, 4) is 0 Å². The van der Waals surface area contributed by atoms with Crippen molar-refractivity contribution >= 4 is 22.8 Å². The molecule has 2 N–H and O–H groups in total. The molecule has 276 valence electrons. The van der Waals surface area contributed by atoms with Crippen LogP contribution in [0.15, 0.2) is 58.1 Å². The van der Waals surface area contributed by atoms with Crippen molar-refractivity contribution in [3.05, 3.63) is 81.4 Å². The van der Waals surface area contributed by atoms with Crippen LogP contribution < -0.4 is 0 Å². The molecule has 0 unspecified atom stereocenters. The smallest absolute Gasteiger partial charge is 0.0709 e. The zero-order valence-electron chi connectivity index (χ0n) is 33.5. The van der Waals surface area contributed by atoms with Crippen LogP contribution in [-0.2, 0) is 36.5 Å². The molecule has 4 nitrogen and oxygen atoms in total. The molecule has 6 aliphatic carbocycles. The molecule has 2 aliphatic heterocycles. The second kappa shape index (κ2) is 11.1. The Labute approximate surface area is 313 Å². The minimum atomic E-state index is -0.645. The zero-order chi connectivity index (χ0) is 36.9. The van der Waals surface area contributed by atoms with Crippen molar-refractivity contribution in [1.82, 2.24) is 0 Å². The molecule has 0 aromatic heterocycles. The van der Waals surface area contributed by atoms with Gasteiger partial charge in [-0.1, -0.05) is 112 Å². The van der Waals surface area contributed by atoms with Crippen molar-refractivity contribution in [2.75, 3.05) is 0 Å². The van der Waals surface area contributed by atoms with Gasteiger partial charge >= 0.3 is 0 Å². The fourth-order valence-corrected chi connectivity index (χ4v) is 12.9. The topological polar surface area (TPSA) is 65.2 Å². The summed E-state index contributed by atoms with van der Waals surface area (Å²) < 4.78 is 0. The van der Waals surface area contributed by atoms with Crippen LogP contribution in [0.25, 0.3) is 0 Å². The van der Waals surface area contributed by atoms with Gasteiger partial charge in [0.1, 0.15) is 0 Å². The van der Waals surface area contributed by atoms with Gasteiger partial charge in [-0.3, -0.25) is 9.98 Å². The van der Waals surface area contributed by atoms with Crippen molar-refractivity contribution < 1.29 is 10.2 Å². The predicted molar refractivity (Wildman–Crippen MR) is 214 cm³/mol. The predicted octanol–water partition coefficient (Wildman–Crippen LogP) is 10.3. The lowest BCUT2D eigenvalue weighted by Crippen LogP contribution is -2.70. The quantitative estimate of drug-likeness (QED) is 0.307. The number of hydrogen-bond acceptors (Lipinski definition) is 4. The van der Waals surface area contributed by atoms with E-state index in [0.29, 0.717) is 0 Å². The van der Waals surface area contributed by atoms with E-state index in [-0.39, 0.29) is 51.2 Å². The maximum Gasteiger partial charge on any atom is 0.0709 e. The fourth-order valence-electron chi connectivity index (χ4n) is 12.9. The summed E-state index contributed by atoms with van der Waals surface area (Å²) in [6, 6.07) is 9.46. The number of benzene rings is 2. The Morgan fingerprint density at radius 2 is 1.23 bits per heavy atom. The molecule has 0 saturated heterocycles. The van der Waals surface area contributed by atoms with Crippen LogP contribution in [0.5, 0.6) is 0 Å². The van der Waals surface area contributed by atoms with Crippen LogP contribution in [0.1, 0.15) is 128 Å². The Balaban J connectivity index is 1.31. The number of aliphatic hydroxyl groups excluding tert-OH is 2. The molecular weight excluding hydrogens is 637 g/mol. The summed E-state index contributed by atoms with van der Waals surface area (Å²) in [5.74, 6) is -0.636. The molecule has 0 spiro atoms. The summed E-state index contributed by atoms with van der Waals surface area (Å²) in [6.07, 6.45) is 15.6. The molecule has 8 aliphatic rings. The van der Waals surface area contributed by atoms with Gasteiger partial charge in [-0.2, -0.15) is 0 Å². The second-order valence-corrected chi connectivity index (χ2v) is 21.0. The molecule has 52 heavy (non-hydrogen) atoms. The molecule has 4 heteroatoms. The Morgan fingerprint density at radius 3 is 1.81 bits per heavy atom. The lowest BCUT2D eigenvalue weighted by Gasteiger charge is -2.67. The van der Waals surface area contributed by atoms with Gasteiger partial charge in [0.2, 0.25) is 0 Å². The van der Waals surface area contributed by atoms with E-state index in [0.717, 1.165) is 31.4 Å². The molecule has 1 fully saturated rings. The van der Waals surface area contributed by atoms with Gasteiger partial charge in [-0.15, -0.1) is 0 Å². The van der Waals surface area contributed by atoms with Crippen LogP contribution in [0.3, 0.4) is 0 Å². The summed E-state index contributed by atoms with van der Waals surface area (Å²) >= 11 is 0. The minimum Gasteiger partial charge on any atom is -0.392 e. The Bertz CT molecular complexity index is 1990. The summed E-state index contributed by atoms with van der Waals surface area (Å²) in [4.78, 5) is 11.5. The Morgan fingerprint density at radius 1 is 0.673 bits per heavy atom. The third kappa shape index (κ3) is 4.52. The zero-order valence-corrected chi connectivity index (χ0v) is 33.5. The molecule has 1 saturated carbocycles. The standard InChI is InChI=1S/C48H62N2O2/c1-44(2,3)33-23-24-48(43-47(9,10)32-22-20-27-16-12-14-18-29(27)39(32)50-43)34-25-30(35(37(48)40(33)51)41(52)36(34)45(4,5)6)42-46(7,8)31-21-19-26-15-11-13-17-28(26)38(31)49-42/h19-25,33-37,40-41,51-52H,11-18H2,1-10H3/t33-,34+,35+,36+,37+,40+,41+,48-/m0/s1. The summed E-state index contributed by atoms with van der Waals surface area (Å²) in [7, 11) is 0. The number of nitrogens with zero attached hydrogens (tertiary/aromatic N) is 2. The van der Waals surface area contributed by atoms with E-state index in [1.54, 1.807) is 0 Å². The van der Waals surface area contributed by atoms with Gasteiger partial charge in [0.25, 0.3) is 0 Å². The third-order valence-electron chi connectivity index (χ3n) is 15.3. The molecule has 10 rings (SSSR count). The first-order valence-electron chi connectivity index (χ1n) is 20.7. The van der Waals surface area contributed by atoms with Crippen LogP contribution in [-0.4, -0.2) is 33.8 Å². The third-order valence-corrected chi connectivity index (χ3v) is 15.3. The average Bonchev–Trinajstić information content (AvgIpc) is 3.52. The van der Waals surface area contributed by atoms with Crippen molar-refractivity contribution in [2.45, 2.75) is 144 Å². The molecule has 0 radical (unpaired) electrons. The SMILES string of the molecule is CC1(C)C(C2=C[C@@H]3[C@@H](C(C)(C)C)[C@H](O)[C@H]2[C@@H]2[C@H](O)[C@@H](C(C)(C)C)C=C[C@@]23C2=Nc3c(ccc4c3CCCC4)C2(C)C)=Nc2c1ccc1c2CCCC1. The first-order valence-corrected chi connectivity index (χ1v) is 20.7. The minimum absolute atomic E-state index is 0.0167. The van der Waals surface area contributed by atoms with Gasteiger partial charge in [-0.25, -0.2) is 0 Å². The Hall–Kier alpha value is -2.82. The number of fused-ring (bicyclic) bond motifs is 7. The molecule has 2 aromatic rings. The molecule has 0 amide bonds. The second-order valence-electron chi connectivity index (χ2n) is 21.0. The normalized spacial score (nSPS) is 35.2. The maximum absolute atomic E-state index is 13.1. The van der Waals surface area contributed by atoms with E-state index in [2.05, 4.69) is 112 Å². The lowest BCUT2D eigenvalue weighted by atomic mass is 9.37. The van der Waals surface area contributed by atoms with Crippen LogP contribution in [0.2, 0.25) is 0 Å². The fraction of sp³-hybridized carbons (Fsp3) is 0.625.